The molecule has 0 spiro atoms. The minimum atomic E-state index is 0.654. The largest absolute Gasteiger partial charge is 0.455 e. The zero-order chi connectivity index (χ0) is 34.9. The maximum atomic E-state index is 6.79. The second-order valence-electron chi connectivity index (χ2n) is 13.7. The van der Waals surface area contributed by atoms with Crippen LogP contribution in [-0.4, -0.2) is 9.97 Å². The van der Waals surface area contributed by atoms with Crippen molar-refractivity contribution >= 4 is 65.0 Å². The lowest BCUT2D eigenvalue weighted by Crippen LogP contribution is -1.97. The van der Waals surface area contributed by atoms with Gasteiger partial charge in [-0.2, -0.15) is 0 Å². The Morgan fingerprint density at radius 2 is 0.925 bits per heavy atom. The van der Waals surface area contributed by atoms with E-state index in [1.807, 2.05) is 6.07 Å². The van der Waals surface area contributed by atoms with E-state index >= 15 is 0 Å². The van der Waals surface area contributed by atoms with Gasteiger partial charge in [0, 0.05) is 32.8 Å². The molecule has 0 saturated carbocycles. The molecule has 0 saturated heterocycles. The molecule has 0 N–H and O–H groups in total. The van der Waals surface area contributed by atoms with Crippen LogP contribution in [0.1, 0.15) is 0 Å². The number of furan rings is 1. The van der Waals surface area contributed by atoms with E-state index < -0.39 is 0 Å². The third-order valence-corrected chi connectivity index (χ3v) is 10.7. The van der Waals surface area contributed by atoms with Crippen molar-refractivity contribution in [3.05, 3.63) is 182 Å². The SMILES string of the molecule is c1ccc2cc(-c3cc(-c4cccc5ccccc45)nc(-c4cccc5c(-c6cccc7ccccc67)cc6c7ccccc7oc6c45)n3)ccc2c1. The lowest BCUT2D eigenvalue weighted by atomic mass is 9.90. The summed E-state index contributed by atoms with van der Waals surface area (Å²) in [7, 11) is 0. The Hall–Kier alpha value is -7.10. The van der Waals surface area contributed by atoms with E-state index in [1.165, 1.54) is 32.5 Å². The lowest BCUT2D eigenvalue weighted by molar-refractivity contribution is 0.673. The summed E-state index contributed by atoms with van der Waals surface area (Å²) < 4.78 is 6.79. The van der Waals surface area contributed by atoms with Gasteiger partial charge in [0.1, 0.15) is 11.2 Å². The quantitative estimate of drug-likeness (QED) is 0.186. The normalized spacial score (nSPS) is 11.8. The number of aromatic nitrogens is 2. The Bertz CT molecular complexity index is 3240. The van der Waals surface area contributed by atoms with E-state index in [2.05, 4.69) is 176 Å². The number of rotatable bonds is 4. The maximum absolute atomic E-state index is 6.79. The molecule has 0 bridgehead atoms. The summed E-state index contributed by atoms with van der Waals surface area (Å²) in [5, 5.41) is 11.4. The van der Waals surface area contributed by atoms with Gasteiger partial charge < -0.3 is 4.42 Å². The van der Waals surface area contributed by atoms with Crippen molar-refractivity contribution in [1.29, 1.82) is 0 Å². The average Bonchev–Trinajstić information content (AvgIpc) is 3.61. The molecule has 0 radical (unpaired) electrons. The van der Waals surface area contributed by atoms with Crippen LogP contribution in [0.15, 0.2) is 186 Å². The van der Waals surface area contributed by atoms with Gasteiger partial charge in [0.15, 0.2) is 5.82 Å². The van der Waals surface area contributed by atoms with Crippen LogP contribution >= 0.6 is 0 Å². The third-order valence-electron chi connectivity index (χ3n) is 10.7. The predicted molar refractivity (Wildman–Crippen MR) is 221 cm³/mol. The highest BCUT2D eigenvalue weighted by atomic mass is 16.3. The zero-order valence-electron chi connectivity index (χ0n) is 28.6. The summed E-state index contributed by atoms with van der Waals surface area (Å²) >= 11 is 0. The smallest absolute Gasteiger partial charge is 0.161 e. The van der Waals surface area contributed by atoms with Gasteiger partial charge in [-0.15, -0.1) is 0 Å². The van der Waals surface area contributed by atoms with E-state index in [9.17, 15) is 0 Å². The van der Waals surface area contributed by atoms with Gasteiger partial charge in [0.2, 0.25) is 0 Å². The number of nitrogens with zero attached hydrogens (tertiary/aromatic N) is 2. The van der Waals surface area contributed by atoms with E-state index in [1.54, 1.807) is 0 Å². The molecule has 3 nitrogen and oxygen atoms in total. The molecule has 3 heteroatoms. The molecule has 0 aliphatic heterocycles. The van der Waals surface area contributed by atoms with Crippen molar-refractivity contribution in [2.75, 3.05) is 0 Å². The number of benzene rings is 9. The molecule has 53 heavy (non-hydrogen) atoms. The molecule has 11 rings (SSSR count). The fourth-order valence-corrected chi connectivity index (χ4v) is 8.16. The summed E-state index contributed by atoms with van der Waals surface area (Å²) in [6.07, 6.45) is 0. The van der Waals surface area contributed by atoms with Crippen molar-refractivity contribution in [3.8, 4) is 45.0 Å². The van der Waals surface area contributed by atoms with Crippen molar-refractivity contribution in [2.45, 2.75) is 0 Å². The van der Waals surface area contributed by atoms with Crippen LogP contribution in [0.3, 0.4) is 0 Å². The van der Waals surface area contributed by atoms with Gasteiger partial charge in [-0.1, -0.05) is 158 Å². The van der Waals surface area contributed by atoms with Crippen LogP contribution in [0.25, 0.3) is 110 Å². The highest BCUT2D eigenvalue weighted by Gasteiger charge is 2.21. The summed E-state index contributed by atoms with van der Waals surface area (Å²) in [4.78, 5) is 10.8. The Kier molecular flexibility index (Phi) is 6.55. The first kappa shape index (κ1) is 29.6. The molecular formula is C50H30N2O. The monoisotopic (exact) mass is 674 g/mol. The first-order chi connectivity index (χ1) is 26.3. The molecular weight excluding hydrogens is 645 g/mol. The Labute approximate surface area is 305 Å². The highest BCUT2D eigenvalue weighted by molar-refractivity contribution is 6.23. The summed E-state index contributed by atoms with van der Waals surface area (Å²) in [5.74, 6) is 0.654. The first-order valence-electron chi connectivity index (χ1n) is 18.0. The zero-order valence-corrected chi connectivity index (χ0v) is 28.6. The van der Waals surface area contributed by atoms with Crippen molar-refractivity contribution in [1.82, 2.24) is 9.97 Å². The van der Waals surface area contributed by atoms with Crippen LogP contribution in [0.4, 0.5) is 0 Å². The number of fused-ring (bicyclic) bond motifs is 8. The van der Waals surface area contributed by atoms with Gasteiger partial charge in [-0.3, -0.25) is 0 Å². The predicted octanol–water partition coefficient (Wildman–Crippen LogP) is 13.7. The van der Waals surface area contributed by atoms with Gasteiger partial charge in [0.05, 0.1) is 11.4 Å². The standard InChI is InChI=1S/C50H30N2O/c1-2-15-34-28-35(27-26-31(34)12-1)45-30-46(39-22-10-17-33-14-4-6-19-37(33)39)52-50(51-45)42-24-11-23-41-43(38-21-9-16-32-13-3-5-18-36(32)38)29-44-40-20-7-8-25-47(40)53-49(44)48(41)42/h1-30H. The van der Waals surface area contributed by atoms with Gasteiger partial charge in [-0.25, -0.2) is 9.97 Å². The third kappa shape index (κ3) is 4.75. The van der Waals surface area contributed by atoms with Gasteiger partial charge in [0.25, 0.3) is 0 Å². The molecule has 0 aliphatic rings. The Morgan fingerprint density at radius 3 is 1.74 bits per heavy atom. The van der Waals surface area contributed by atoms with E-state index in [4.69, 9.17) is 14.4 Å². The van der Waals surface area contributed by atoms with Crippen LogP contribution in [0.2, 0.25) is 0 Å². The number of hydrogen-bond donors (Lipinski definition) is 0. The minimum Gasteiger partial charge on any atom is -0.455 e. The lowest BCUT2D eigenvalue weighted by Gasteiger charge is -2.15. The van der Waals surface area contributed by atoms with E-state index in [-0.39, 0.29) is 0 Å². The molecule has 2 heterocycles. The van der Waals surface area contributed by atoms with Crippen molar-refractivity contribution in [2.24, 2.45) is 0 Å². The van der Waals surface area contributed by atoms with Gasteiger partial charge >= 0.3 is 0 Å². The van der Waals surface area contributed by atoms with Gasteiger partial charge in [-0.05, 0) is 73.1 Å². The first-order valence-corrected chi connectivity index (χ1v) is 18.0. The summed E-state index contributed by atoms with van der Waals surface area (Å²) in [6, 6.07) is 64.4. The van der Waals surface area contributed by atoms with Crippen molar-refractivity contribution in [3.63, 3.8) is 0 Å². The second kappa shape index (κ2) is 11.7. The molecule has 0 amide bonds. The van der Waals surface area contributed by atoms with E-state index in [0.717, 1.165) is 71.7 Å². The fraction of sp³-hybridized carbons (Fsp3) is 0. The molecule has 0 unspecified atom stereocenters. The molecule has 0 fully saturated rings. The number of para-hydroxylation sites is 1. The Morgan fingerprint density at radius 1 is 0.340 bits per heavy atom. The second-order valence-corrected chi connectivity index (χ2v) is 13.7. The maximum Gasteiger partial charge on any atom is 0.161 e. The van der Waals surface area contributed by atoms with Crippen LogP contribution < -0.4 is 0 Å². The molecule has 2 aromatic heterocycles. The summed E-state index contributed by atoms with van der Waals surface area (Å²) in [6.45, 7) is 0. The summed E-state index contributed by atoms with van der Waals surface area (Å²) in [5.41, 5.74) is 8.81. The van der Waals surface area contributed by atoms with Crippen LogP contribution in [0, 0.1) is 0 Å². The Balaban J connectivity index is 1.25. The minimum absolute atomic E-state index is 0.654. The van der Waals surface area contributed by atoms with Crippen LogP contribution in [0.5, 0.6) is 0 Å². The highest BCUT2D eigenvalue weighted by Crippen LogP contribution is 2.45. The van der Waals surface area contributed by atoms with E-state index in [0.29, 0.717) is 5.82 Å². The van der Waals surface area contributed by atoms with Crippen molar-refractivity contribution < 1.29 is 4.42 Å². The molecule has 0 aliphatic carbocycles. The number of hydrogen-bond acceptors (Lipinski definition) is 3. The fourth-order valence-electron chi connectivity index (χ4n) is 8.16. The molecule has 246 valence electrons. The molecule has 9 aromatic carbocycles. The average molecular weight is 675 g/mol. The van der Waals surface area contributed by atoms with Crippen LogP contribution in [-0.2, 0) is 0 Å². The molecule has 11 aromatic rings. The topological polar surface area (TPSA) is 38.9 Å². The molecule has 0 atom stereocenters.